The van der Waals surface area contributed by atoms with Gasteiger partial charge in [-0.05, 0) is 12.5 Å². The Hall–Kier alpha value is -0.840. The van der Waals surface area contributed by atoms with Gasteiger partial charge in [0.2, 0.25) is 0 Å². The SMILES string of the molecule is CCCOCCOCc1occc1CN. The van der Waals surface area contributed by atoms with Crippen molar-refractivity contribution in [1.29, 1.82) is 0 Å². The fraction of sp³-hybridized carbons (Fsp3) is 0.636. The minimum Gasteiger partial charge on any atom is -0.467 e. The highest BCUT2D eigenvalue weighted by Gasteiger charge is 2.03. The van der Waals surface area contributed by atoms with Crippen molar-refractivity contribution >= 4 is 0 Å². The molecule has 0 bridgehead atoms. The van der Waals surface area contributed by atoms with Gasteiger partial charge in [0.1, 0.15) is 12.4 Å². The van der Waals surface area contributed by atoms with Crippen LogP contribution in [0.25, 0.3) is 0 Å². The van der Waals surface area contributed by atoms with Gasteiger partial charge in [-0.15, -0.1) is 0 Å². The van der Waals surface area contributed by atoms with E-state index in [0.717, 1.165) is 24.4 Å². The number of nitrogens with two attached hydrogens (primary N) is 1. The maximum absolute atomic E-state index is 5.52. The van der Waals surface area contributed by atoms with Crippen molar-refractivity contribution in [2.75, 3.05) is 19.8 Å². The third-order valence-electron chi connectivity index (χ3n) is 2.01. The smallest absolute Gasteiger partial charge is 0.133 e. The third kappa shape index (κ3) is 4.46. The van der Waals surface area contributed by atoms with E-state index in [1.54, 1.807) is 6.26 Å². The molecule has 2 N–H and O–H groups in total. The second-order valence-electron chi connectivity index (χ2n) is 3.24. The van der Waals surface area contributed by atoms with Crippen LogP contribution in [0.2, 0.25) is 0 Å². The highest BCUT2D eigenvalue weighted by Crippen LogP contribution is 2.10. The lowest BCUT2D eigenvalue weighted by Crippen LogP contribution is -2.06. The highest BCUT2D eigenvalue weighted by molar-refractivity contribution is 5.15. The molecule has 1 aromatic rings. The first-order valence-electron chi connectivity index (χ1n) is 5.29. The van der Waals surface area contributed by atoms with Gasteiger partial charge < -0.3 is 19.6 Å². The molecule has 0 aliphatic heterocycles. The van der Waals surface area contributed by atoms with Crippen molar-refractivity contribution in [2.45, 2.75) is 26.5 Å². The Balaban J connectivity index is 2.09. The van der Waals surface area contributed by atoms with Crippen molar-refractivity contribution in [2.24, 2.45) is 5.73 Å². The van der Waals surface area contributed by atoms with Crippen molar-refractivity contribution < 1.29 is 13.9 Å². The normalized spacial score (nSPS) is 10.8. The molecule has 4 nitrogen and oxygen atoms in total. The standard InChI is InChI=1S/C11H19NO3/c1-2-4-13-6-7-14-9-11-10(8-12)3-5-15-11/h3,5H,2,4,6-9,12H2,1H3. The molecule has 0 aromatic carbocycles. The van der Waals surface area contributed by atoms with Crippen molar-refractivity contribution in [3.63, 3.8) is 0 Å². The first kappa shape index (κ1) is 12.2. The number of hydrogen-bond donors (Lipinski definition) is 1. The van der Waals surface area contributed by atoms with Crippen LogP contribution in [0.1, 0.15) is 24.7 Å². The van der Waals surface area contributed by atoms with Gasteiger partial charge in [-0.2, -0.15) is 0 Å². The summed E-state index contributed by atoms with van der Waals surface area (Å²) in [5, 5.41) is 0. The first-order chi connectivity index (χ1) is 7.38. The van der Waals surface area contributed by atoms with Gasteiger partial charge in [-0.1, -0.05) is 6.92 Å². The maximum atomic E-state index is 5.52. The molecule has 1 heterocycles. The molecule has 0 atom stereocenters. The van der Waals surface area contributed by atoms with Gasteiger partial charge in [0.15, 0.2) is 0 Å². The second kappa shape index (κ2) is 7.45. The van der Waals surface area contributed by atoms with Gasteiger partial charge in [-0.3, -0.25) is 0 Å². The summed E-state index contributed by atoms with van der Waals surface area (Å²) in [4.78, 5) is 0. The number of ether oxygens (including phenoxy) is 2. The fourth-order valence-corrected chi connectivity index (χ4v) is 1.20. The highest BCUT2D eigenvalue weighted by atomic mass is 16.5. The Morgan fingerprint density at radius 1 is 1.27 bits per heavy atom. The van der Waals surface area contributed by atoms with Crippen LogP contribution in [0.5, 0.6) is 0 Å². The summed E-state index contributed by atoms with van der Waals surface area (Å²) < 4.78 is 15.9. The minimum absolute atomic E-state index is 0.467. The Bertz CT molecular complexity index is 260. The van der Waals surface area contributed by atoms with Crippen LogP contribution in [0, 0.1) is 0 Å². The topological polar surface area (TPSA) is 57.6 Å². The maximum Gasteiger partial charge on any atom is 0.133 e. The van der Waals surface area contributed by atoms with Crippen LogP contribution in [-0.2, 0) is 22.6 Å². The summed E-state index contributed by atoms with van der Waals surface area (Å²) in [6.07, 6.45) is 2.67. The van der Waals surface area contributed by atoms with Crippen LogP contribution in [0.4, 0.5) is 0 Å². The summed E-state index contributed by atoms with van der Waals surface area (Å²) in [7, 11) is 0. The third-order valence-corrected chi connectivity index (χ3v) is 2.01. The van der Waals surface area contributed by atoms with E-state index in [2.05, 4.69) is 6.92 Å². The molecule has 0 fully saturated rings. The monoisotopic (exact) mass is 213 g/mol. The first-order valence-corrected chi connectivity index (χ1v) is 5.29. The van der Waals surface area contributed by atoms with Crippen LogP contribution in [-0.4, -0.2) is 19.8 Å². The molecule has 0 radical (unpaired) electrons. The Morgan fingerprint density at radius 3 is 2.80 bits per heavy atom. The number of hydrogen-bond acceptors (Lipinski definition) is 4. The second-order valence-corrected chi connectivity index (χ2v) is 3.24. The Kier molecular flexibility index (Phi) is 6.08. The minimum atomic E-state index is 0.467. The largest absolute Gasteiger partial charge is 0.467 e. The summed E-state index contributed by atoms with van der Waals surface area (Å²) >= 11 is 0. The molecule has 15 heavy (non-hydrogen) atoms. The number of furan rings is 1. The molecule has 4 heteroatoms. The quantitative estimate of drug-likeness (QED) is 0.667. The molecular formula is C11H19NO3. The van der Waals surface area contributed by atoms with E-state index in [1.165, 1.54) is 0 Å². The molecule has 0 aliphatic carbocycles. The lowest BCUT2D eigenvalue weighted by molar-refractivity contribution is 0.0347. The lowest BCUT2D eigenvalue weighted by Gasteiger charge is -2.04. The number of rotatable bonds is 8. The van der Waals surface area contributed by atoms with Crippen LogP contribution < -0.4 is 5.73 Å². The summed E-state index contributed by atoms with van der Waals surface area (Å²) in [5.74, 6) is 0.813. The van der Waals surface area contributed by atoms with Gasteiger partial charge in [0.05, 0.1) is 19.5 Å². The Labute approximate surface area is 90.3 Å². The zero-order valence-electron chi connectivity index (χ0n) is 9.20. The van der Waals surface area contributed by atoms with Gasteiger partial charge in [0.25, 0.3) is 0 Å². The van der Waals surface area contributed by atoms with Crippen LogP contribution in [0.15, 0.2) is 16.7 Å². The zero-order valence-corrected chi connectivity index (χ0v) is 9.20. The molecule has 0 spiro atoms. The van der Waals surface area contributed by atoms with Crippen LogP contribution in [0.3, 0.4) is 0 Å². The fourth-order valence-electron chi connectivity index (χ4n) is 1.20. The molecule has 1 rings (SSSR count). The van der Waals surface area contributed by atoms with Gasteiger partial charge >= 0.3 is 0 Å². The molecule has 0 aliphatic rings. The molecule has 1 aromatic heterocycles. The lowest BCUT2D eigenvalue weighted by atomic mass is 10.2. The van der Waals surface area contributed by atoms with Crippen LogP contribution >= 0.6 is 0 Å². The molecule has 0 unspecified atom stereocenters. The Morgan fingerprint density at radius 2 is 2.07 bits per heavy atom. The van der Waals surface area contributed by atoms with E-state index in [1.807, 2.05) is 6.07 Å². The van der Waals surface area contributed by atoms with E-state index in [4.69, 9.17) is 19.6 Å². The molecule has 0 saturated carbocycles. The zero-order chi connectivity index (χ0) is 10.9. The van der Waals surface area contributed by atoms with Crippen molar-refractivity contribution in [1.82, 2.24) is 0 Å². The molecule has 0 saturated heterocycles. The average Bonchev–Trinajstić information content (AvgIpc) is 2.70. The van der Waals surface area contributed by atoms with Gasteiger partial charge in [0, 0.05) is 18.7 Å². The molecule has 0 amide bonds. The van der Waals surface area contributed by atoms with E-state index < -0.39 is 0 Å². The van der Waals surface area contributed by atoms with E-state index in [0.29, 0.717) is 26.4 Å². The summed E-state index contributed by atoms with van der Waals surface area (Å²) in [6.45, 7) is 5.04. The van der Waals surface area contributed by atoms with E-state index in [9.17, 15) is 0 Å². The summed E-state index contributed by atoms with van der Waals surface area (Å²) in [5.41, 5.74) is 6.53. The average molecular weight is 213 g/mol. The summed E-state index contributed by atoms with van der Waals surface area (Å²) in [6, 6.07) is 1.87. The van der Waals surface area contributed by atoms with Gasteiger partial charge in [-0.25, -0.2) is 0 Å². The predicted octanol–water partition coefficient (Wildman–Crippen LogP) is 1.68. The van der Waals surface area contributed by atoms with Crippen molar-refractivity contribution in [3.8, 4) is 0 Å². The van der Waals surface area contributed by atoms with Crippen molar-refractivity contribution in [3.05, 3.63) is 23.7 Å². The molecule has 86 valence electrons. The molecular weight excluding hydrogens is 194 g/mol. The predicted molar refractivity (Wildman–Crippen MR) is 57.4 cm³/mol. The van der Waals surface area contributed by atoms with E-state index in [-0.39, 0.29) is 0 Å². The van der Waals surface area contributed by atoms with E-state index >= 15 is 0 Å².